The van der Waals surface area contributed by atoms with Crippen LogP contribution in [0, 0.1) is 5.41 Å². The predicted octanol–water partition coefficient (Wildman–Crippen LogP) is 1.21. The van der Waals surface area contributed by atoms with Crippen molar-refractivity contribution in [1.82, 2.24) is 9.03 Å². The van der Waals surface area contributed by atoms with Crippen LogP contribution in [0.15, 0.2) is 28.0 Å². The summed E-state index contributed by atoms with van der Waals surface area (Å²) < 4.78 is 57.6. The third kappa shape index (κ3) is 4.20. The molecule has 146 valence electrons. The lowest BCUT2D eigenvalue weighted by Crippen LogP contribution is -2.37. The highest BCUT2D eigenvalue weighted by molar-refractivity contribution is 7.90. The Kier molecular flexibility index (Phi) is 6.03. The van der Waals surface area contributed by atoms with E-state index < -0.39 is 36.3 Å². The average Bonchev–Trinajstić information content (AvgIpc) is 3.33. The number of amides is 1. The van der Waals surface area contributed by atoms with E-state index in [4.69, 9.17) is 16.3 Å². The molecule has 8 nitrogen and oxygen atoms in total. The number of sulfonamides is 2. The van der Waals surface area contributed by atoms with Crippen molar-refractivity contribution >= 4 is 37.6 Å². The molecule has 0 spiro atoms. The summed E-state index contributed by atoms with van der Waals surface area (Å²) in [6.45, 7) is 0.338. The van der Waals surface area contributed by atoms with Gasteiger partial charge in [-0.2, -0.15) is 0 Å². The zero-order valence-corrected chi connectivity index (χ0v) is 17.0. The van der Waals surface area contributed by atoms with Gasteiger partial charge in [-0.05, 0) is 37.5 Å². The molecule has 1 aromatic carbocycles. The molecule has 0 bridgehead atoms. The highest BCUT2D eigenvalue weighted by atomic mass is 35.5. The number of carbonyl (C=O) groups excluding carboxylic acids is 1. The number of rotatable bonds is 8. The fourth-order valence-electron chi connectivity index (χ4n) is 2.39. The fourth-order valence-corrected chi connectivity index (χ4v) is 4.99. The maximum atomic E-state index is 12.6. The second-order valence-electron chi connectivity index (χ2n) is 6.34. The van der Waals surface area contributed by atoms with Gasteiger partial charge in [-0.1, -0.05) is 11.6 Å². The van der Waals surface area contributed by atoms with Gasteiger partial charge < -0.3 is 4.74 Å². The van der Waals surface area contributed by atoms with E-state index in [9.17, 15) is 21.6 Å². The van der Waals surface area contributed by atoms with Gasteiger partial charge in [0.15, 0.2) is 0 Å². The molecular formula is C15H21ClN2O6S2. The van der Waals surface area contributed by atoms with Crippen molar-refractivity contribution in [3.8, 4) is 0 Å². The quantitative estimate of drug-likeness (QED) is 0.671. The lowest BCUT2D eigenvalue weighted by molar-refractivity contribution is -0.125. The van der Waals surface area contributed by atoms with Crippen molar-refractivity contribution in [2.24, 2.45) is 5.41 Å². The van der Waals surface area contributed by atoms with Gasteiger partial charge in [0.2, 0.25) is 15.9 Å². The SMILES string of the molecule is COCCC1(C(=O)NS(=O)(=O)c2cc(S(=O)(=O)N(C)C)ccc2Cl)CC1. The minimum atomic E-state index is -4.32. The standard InChI is InChI=1S/C15H21ClN2O6S2/c1-18(2)26(22,23)11-4-5-12(16)13(10-11)25(20,21)17-14(19)15(6-7-15)8-9-24-3/h4-5,10H,6-9H2,1-3H3,(H,17,19). The molecule has 0 aliphatic heterocycles. The molecule has 11 heteroatoms. The molecule has 1 N–H and O–H groups in total. The Morgan fingerprint density at radius 1 is 1.27 bits per heavy atom. The van der Waals surface area contributed by atoms with E-state index in [1.807, 2.05) is 4.72 Å². The lowest BCUT2D eigenvalue weighted by atomic mass is 10.0. The summed E-state index contributed by atoms with van der Waals surface area (Å²) in [5.41, 5.74) is -0.761. The first kappa shape index (κ1) is 21.1. The lowest BCUT2D eigenvalue weighted by Gasteiger charge is -2.16. The van der Waals surface area contributed by atoms with Gasteiger partial charge in [0, 0.05) is 27.8 Å². The summed E-state index contributed by atoms with van der Waals surface area (Å²) in [5.74, 6) is -0.633. The van der Waals surface area contributed by atoms with E-state index in [0.717, 1.165) is 10.4 Å². The first-order valence-corrected chi connectivity index (χ1v) is 11.0. The van der Waals surface area contributed by atoms with Crippen molar-refractivity contribution in [2.75, 3.05) is 27.8 Å². The second kappa shape index (κ2) is 7.43. The largest absolute Gasteiger partial charge is 0.385 e. The highest BCUT2D eigenvalue weighted by Gasteiger charge is 2.50. The number of hydrogen-bond acceptors (Lipinski definition) is 6. The molecule has 1 fully saturated rings. The molecule has 0 atom stereocenters. The molecule has 1 aliphatic carbocycles. The third-order valence-electron chi connectivity index (χ3n) is 4.32. The predicted molar refractivity (Wildman–Crippen MR) is 95.8 cm³/mol. The van der Waals surface area contributed by atoms with Crippen LogP contribution in [-0.4, -0.2) is 54.9 Å². The van der Waals surface area contributed by atoms with E-state index in [0.29, 0.717) is 25.9 Å². The van der Waals surface area contributed by atoms with Crippen molar-refractivity contribution in [3.63, 3.8) is 0 Å². The van der Waals surface area contributed by atoms with Gasteiger partial charge in [0.1, 0.15) is 4.90 Å². The van der Waals surface area contributed by atoms with Crippen molar-refractivity contribution in [1.29, 1.82) is 0 Å². The average molecular weight is 425 g/mol. The molecule has 0 heterocycles. The van der Waals surface area contributed by atoms with Crippen LogP contribution < -0.4 is 4.72 Å². The van der Waals surface area contributed by atoms with Gasteiger partial charge in [0.05, 0.1) is 15.3 Å². The maximum Gasteiger partial charge on any atom is 0.265 e. The normalized spacial score (nSPS) is 16.5. The van der Waals surface area contributed by atoms with Crippen LogP contribution in [-0.2, 0) is 29.6 Å². The third-order valence-corrected chi connectivity index (χ3v) is 7.94. The van der Waals surface area contributed by atoms with E-state index in [1.54, 1.807) is 0 Å². The molecule has 1 aromatic rings. The minimum Gasteiger partial charge on any atom is -0.385 e. The van der Waals surface area contributed by atoms with Gasteiger partial charge in [-0.15, -0.1) is 0 Å². The van der Waals surface area contributed by atoms with Crippen LogP contribution in [0.3, 0.4) is 0 Å². The summed E-state index contributed by atoms with van der Waals surface area (Å²) in [5, 5.41) is -0.176. The molecule has 1 aliphatic rings. The first-order chi connectivity index (χ1) is 12.0. The van der Waals surface area contributed by atoms with E-state index in [1.165, 1.54) is 33.3 Å². The van der Waals surface area contributed by atoms with Crippen molar-refractivity contribution in [3.05, 3.63) is 23.2 Å². The van der Waals surface area contributed by atoms with E-state index in [-0.39, 0.29) is 9.92 Å². The Balaban J connectivity index is 2.33. The molecule has 26 heavy (non-hydrogen) atoms. The Morgan fingerprint density at radius 2 is 1.88 bits per heavy atom. The molecule has 0 radical (unpaired) electrons. The first-order valence-electron chi connectivity index (χ1n) is 7.74. The van der Waals surface area contributed by atoms with E-state index >= 15 is 0 Å². The molecule has 0 aromatic heterocycles. The van der Waals surface area contributed by atoms with Gasteiger partial charge >= 0.3 is 0 Å². The molecule has 1 saturated carbocycles. The van der Waals surface area contributed by atoms with Crippen LogP contribution in [0.5, 0.6) is 0 Å². The number of methoxy groups -OCH3 is 1. The monoisotopic (exact) mass is 424 g/mol. The number of ether oxygens (including phenoxy) is 1. The second-order valence-corrected chi connectivity index (χ2v) is 10.5. The zero-order chi connectivity index (χ0) is 19.8. The summed E-state index contributed by atoms with van der Waals surface area (Å²) in [4.78, 5) is 11.7. The molecule has 1 amide bonds. The zero-order valence-electron chi connectivity index (χ0n) is 14.7. The Bertz CT molecular complexity index is 908. The molecular weight excluding hydrogens is 404 g/mol. The number of hydrogen-bond donors (Lipinski definition) is 1. The number of carbonyl (C=O) groups is 1. The number of halogens is 1. The summed E-state index contributed by atoms with van der Waals surface area (Å²) in [6.07, 6.45) is 1.55. The van der Waals surface area contributed by atoms with Crippen molar-refractivity contribution in [2.45, 2.75) is 29.1 Å². The Labute approximate surface area is 158 Å². The summed E-state index contributed by atoms with van der Waals surface area (Å²) in [6, 6.07) is 3.33. The molecule has 0 unspecified atom stereocenters. The van der Waals surface area contributed by atoms with Gasteiger partial charge in [-0.25, -0.2) is 25.9 Å². The number of nitrogens with one attached hydrogen (secondary N) is 1. The topological polar surface area (TPSA) is 110 Å². The van der Waals surface area contributed by atoms with Crippen LogP contribution >= 0.6 is 11.6 Å². The van der Waals surface area contributed by atoms with Crippen LogP contribution in [0.1, 0.15) is 19.3 Å². The fraction of sp³-hybridized carbons (Fsp3) is 0.533. The number of nitrogens with zero attached hydrogens (tertiary/aromatic N) is 1. The summed E-state index contributed by atoms with van der Waals surface area (Å²) >= 11 is 5.95. The van der Waals surface area contributed by atoms with Crippen LogP contribution in [0.2, 0.25) is 5.02 Å². The number of benzene rings is 1. The molecule has 0 saturated heterocycles. The van der Waals surface area contributed by atoms with Crippen LogP contribution in [0.25, 0.3) is 0 Å². The highest BCUT2D eigenvalue weighted by Crippen LogP contribution is 2.49. The van der Waals surface area contributed by atoms with Crippen molar-refractivity contribution < 1.29 is 26.4 Å². The molecule has 2 rings (SSSR count). The Morgan fingerprint density at radius 3 is 2.38 bits per heavy atom. The maximum absolute atomic E-state index is 12.6. The minimum absolute atomic E-state index is 0.176. The van der Waals surface area contributed by atoms with Crippen LogP contribution in [0.4, 0.5) is 0 Å². The summed E-state index contributed by atoms with van der Waals surface area (Å²) in [7, 11) is -4.02. The smallest absolute Gasteiger partial charge is 0.265 e. The van der Waals surface area contributed by atoms with E-state index in [2.05, 4.69) is 0 Å². The van der Waals surface area contributed by atoms with Gasteiger partial charge in [0.25, 0.3) is 10.0 Å². The van der Waals surface area contributed by atoms with Gasteiger partial charge in [-0.3, -0.25) is 4.79 Å². The Hall–Kier alpha value is -1.20.